The summed E-state index contributed by atoms with van der Waals surface area (Å²) in [6.07, 6.45) is 4.96. The first-order valence-corrected chi connectivity index (χ1v) is 6.58. The number of rotatable bonds is 7. The number of nitro groups is 1. The Morgan fingerprint density at radius 2 is 2.05 bits per heavy atom. The van der Waals surface area contributed by atoms with E-state index in [0.717, 1.165) is 5.56 Å². The second-order valence-corrected chi connectivity index (χ2v) is 4.41. The summed E-state index contributed by atoms with van der Waals surface area (Å²) in [6, 6.07) is 0. The van der Waals surface area contributed by atoms with Crippen LogP contribution in [0.1, 0.15) is 12.5 Å². The van der Waals surface area contributed by atoms with Gasteiger partial charge in [0.25, 0.3) is 0 Å². The molecule has 0 saturated carbocycles. The normalized spacial score (nSPS) is 10.4. The van der Waals surface area contributed by atoms with Crippen LogP contribution in [0.4, 0.5) is 17.3 Å². The minimum Gasteiger partial charge on any atom is -0.364 e. The lowest BCUT2D eigenvalue weighted by Gasteiger charge is -2.09. The highest BCUT2D eigenvalue weighted by Gasteiger charge is 2.22. The Morgan fingerprint density at radius 3 is 2.62 bits per heavy atom. The molecule has 0 aliphatic carbocycles. The predicted molar refractivity (Wildman–Crippen MR) is 78.3 cm³/mol. The average Bonchev–Trinajstić information content (AvgIpc) is 2.85. The van der Waals surface area contributed by atoms with Crippen LogP contribution in [0.15, 0.2) is 18.7 Å². The van der Waals surface area contributed by atoms with E-state index in [1.807, 2.05) is 20.0 Å². The molecule has 0 bridgehead atoms. The maximum absolute atomic E-state index is 11.2. The van der Waals surface area contributed by atoms with Gasteiger partial charge in [-0.1, -0.05) is 0 Å². The van der Waals surface area contributed by atoms with Crippen LogP contribution >= 0.6 is 0 Å². The number of aromatic nitrogens is 4. The van der Waals surface area contributed by atoms with Gasteiger partial charge in [-0.05, 0) is 19.4 Å². The predicted octanol–water partition coefficient (Wildman–Crippen LogP) is 1.43. The number of aryl methyl sites for hydroxylation is 1. The lowest BCUT2D eigenvalue weighted by atomic mass is 10.4. The second-order valence-electron chi connectivity index (χ2n) is 4.41. The number of hydrogen-bond acceptors (Lipinski definition) is 7. The highest BCUT2D eigenvalue weighted by Crippen LogP contribution is 2.28. The molecule has 2 rings (SSSR count). The van der Waals surface area contributed by atoms with Crippen molar-refractivity contribution >= 4 is 17.3 Å². The molecule has 2 aromatic heterocycles. The van der Waals surface area contributed by atoms with Crippen LogP contribution in [0, 0.1) is 17.0 Å². The molecule has 112 valence electrons. The molecule has 2 N–H and O–H groups in total. The van der Waals surface area contributed by atoms with Gasteiger partial charge in [-0.15, -0.1) is 0 Å². The van der Waals surface area contributed by atoms with E-state index < -0.39 is 4.92 Å². The van der Waals surface area contributed by atoms with Crippen molar-refractivity contribution in [3.63, 3.8) is 0 Å². The van der Waals surface area contributed by atoms with Gasteiger partial charge < -0.3 is 10.6 Å². The zero-order valence-corrected chi connectivity index (χ0v) is 11.9. The monoisotopic (exact) mass is 291 g/mol. The molecule has 0 unspecified atom stereocenters. The van der Waals surface area contributed by atoms with Crippen molar-refractivity contribution in [2.75, 3.05) is 23.7 Å². The molecule has 0 saturated heterocycles. The Bertz CT molecular complexity index is 626. The van der Waals surface area contributed by atoms with E-state index in [0.29, 0.717) is 19.6 Å². The standard InChI is InChI=1S/C12H17N7O2/c1-3-13-11-10(19(20)21)12(16-8-15-11)14-4-5-18-7-9(2)6-17-18/h6-8H,3-5H2,1-2H3,(H2,13,14,15,16). The maximum atomic E-state index is 11.2. The second kappa shape index (κ2) is 6.64. The molecular weight excluding hydrogens is 274 g/mol. The first-order valence-electron chi connectivity index (χ1n) is 6.58. The van der Waals surface area contributed by atoms with Gasteiger partial charge in [-0.3, -0.25) is 14.8 Å². The Labute approximate surface area is 121 Å². The van der Waals surface area contributed by atoms with Crippen LogP contribution < -0.4 is 10.6 Å². The Morgan fingerprint density at radius 1 is 1.33 bits per heavy atom. The van der Waals surface area contributed by atoms with Crippen LogP contribution in [0.5, 0.6) is 0 Å². The molecule has 0 aliphatic rings. The third-order valence-electron chi connectivity index (χ3n) is 2.74. The van der Waals surface area contributed by atoms with Crippen LogP contribution in [0.3, 0.4) is 0 Å². The molecule has 0 aliphatic heterocycles. The van der Waals surface area contributed by atoms with Gasteiger partial charge in [0.2, 0.25) is 11.6 Å². The summed E-state index contributed by atoms with van der Waals surface area (Å²) in [5, 5.41) is 21.1. The van der Waals surface area contributed by atoms with Crippen LogP contribution in [-0.4, -0.2) is 37.8 Å². The van der Waals surface area contributed by atoms with Gasteiger partial charge in [0.15, 0.2) is 0 Å². The fourth-order valence-corrected chi connectivity index (χ4v) is 1.86. The molecule has 0 fully saturated rings. The van der Waals surface area contributed by atoms with Gasteiger partial charge in [0.1, 0.15) is 6.33 Å². The summed E-state index contributed by atoms with van der Waals surface area (Å²) in [6.45, 7) is 5.41. The van der Waals surface area contributed by atoms with Crippen molar-refractivity contribution in [2.45, 2.75) is 20.4 Å². The van der Waals surface area contributed by atoms with Gasteiger partial charge >= 0.3 is 5.69 Å². The van der Waals surface area contributed by atoms with Crippen molar-refractivity contribution in [1.82, 2.24) is 19.7 Å². The maximum Gasteiger partial charge on any atom is 0.353 e. The van der Waals surface area contributed by atoms with Crippen LogP contribution in [0.2, 0.25) is 0 Å². The van der Waals surface area contributed by atoms with Crippen molar-refractivity contribution in [1.29, 1.82) is 0 Å². The summed E-state index contributed by atoms with van der Waals surface area (Å²) in [5.41, 5.74) is 0.924. The van der Waals surface area contributed by atoms with Gasteiger partial charge in [0, 0.05) is 19.3 Å². The van der Waals surface area contributed by atoms with E-state index >= 15 is 0 Å². The summed E-state index contributed by atoms with van der Waals surface area (Å²) in [4.78, 5) is 18.5. The molecule has 0 spiro atoms. The highest BCUT2D eigenvalue weighted by atomic mass is 16.6. The molecule has 0 radical (unpaired) electrons. The smallest absolute Gasteiger partial charge is 0.353 e. The first kappa shape index (κ1) is 14.7. The number of anilines is 2. The van der Waals surface area contributed by atoms with Crippen molar-refractivity contribution in [3.05, 3.63) is 34.4 Å². The van der Waals surface area contributed by atoms with E-state index in [-0.39, 0.29) is 17.3 Å². The molecule has 0 aromatic carbocycles. The molecule has 0 amide bonds. The SMILES string of the molecule is CCNc1ncnc(NCCn2cc(C)cn2)c1[N+](=O)[O-]. The van der Waals surface area contributed by atoms with E-state index in [4.69, 9.17) is 0 Å². The quantitative estimate of drug-likeness (QED) is 0.586. The van der Waals surface area contributed by atoms with Crippen LogP contribution in [-0.2, 0) is 6.54 Å². The summed E-state index contributed by atoms with van der Waals surface area (Å²) < 4.78 is 1.76. The minimum atomic E-state index is -0.488. The highest BCUT2D eigenvalue weighted by molar-refractivity contribution is 5.69. The zero-order chi connectivity index (χ0) is 15.2. The molecule has 9 heteroatoms. The van der Waals surface area contributed by atoms with Crippen molar-refractivity contribution in [2.24, 2.45) is 0 Å². The molecular formula is C12H17N7O2. The number of nitrogens with one attached hydrogen (secondary N) is 2. The Hall–Kier alpha value is -2.71. The van der Waals surface area contributed by atoms with Gasteiger partial charge in [-0.2, -0.15) is 5.10 Å². The molecule has 0 atom stereocenters. The minimum absolute atomic E-state index is 0.143. The van der Waals surface area contributed by atoms with Crippen LogP contribution in [0.25, 0.3) is 0 Å². The van der Waals surface area contributed by atoms with E-state index in [1.54, 1.807) is 10.9 Å². The summed E-state index contributed by atoms with van der Waals surface area (Å²) in [7, 11) is 0. The molecule has 2 aromatic rings. The summed E-state index contributed by atoms with van der Waals surface area (Å²) >= 11 is 0. The van der Waals surface area contributed by atoms with Gasteiger partial charge in [-0.25, -0.2) is 9.97 Å². The topological polar surface area (TPSA) is 111 Å². The third-order valence-corrected chi connectivity index (χ3v) is 2.74. The average molecular weight is 291 g/mol. The van der Waals surface area contributed by atoms with Crippen molar-refractivity contribution < 1.29 is 4.92 Å². The van der Waals surface area contributed by atoms with Crippen molar-refractivity contribution in [3.8, 4) is 0 Å². The largest absolute Gasteiger partial charge is 0.364 e. The third kappa shape index (κ3) is 3.65. The first-order chi connectivity index (χ1) is 10.1. The van der Waals surface area contributed by atoms with Gasteiger partial charge in [0.05, 0.1) is 17.7 Å². The fraction of sp³-hybridized carbons (Fsp3) is 0.417. The Kier molecular flexibility index (Phi) is 4.64. The van der Waals surface area contributed by atoms with E-state index in [9.17, 15) is 10.1 Å². The van der Waals surface area contributed by atoms with E-state index in [1.165, 1.54) is 6.33 Å². The molecule has 21 heavy (non-hydrogen) atoms. The molecule has 2 heterocycles. The van der Waals surface area contributed by atoms with E-state index in [2.05, 4.69) is 25.7 Å². The molecule has 9 nitrogen and oxygen atoms in total. The lowest BCUT2D eigenvalue weighted by molar-refractivity contribution is -0.383. The Balaban J connectivity index is 2.08. The summed E-state index contributed by atoms with van der Waals surface area (Å²) in [5.74, 6) is 0.421. The fourth-order valence-electron chi connectivity index (χ4n) is 1.86. The zero-order valence-electron chi connectivity index (χ0n) is 11.9. The number of hydrogen-bond donors (Lipinski definition) is 2. The lowest BCUT2D eigenvalue weighted by Crippen LogP contribution is -2.14. The number of nitrogens with zero attached hydrogens (tertiary/aromatic N) is 5.